The number of hydrogen-bond acceptors (Lipinski definition) is 5. The maximum absolute atomic E-state index is 12.8. The maximum atomic E-state index is 12.8. The predicted octanol–water partition coefficient (Wildman–Crippen LogP) is 3.16. The zero-order valence-electron chi connectivity index (χ0n) is 15.7. The van der Waals surface area contributed by atoms with E-state index in [2.05, 4.69) is 15.3 Å². The molecule has 0 spiro atoms. The standard InChI is InChI=1S/C21H24N4O3/c26-21(23-12-10-20-24-18-8-1-2-9-19(18)28-20)25(15-17-7-5-13-27-17)14-16-6-3-4-11-22-16/h1-4,6,8-9,11,17H,5,7,10,12-15H2,(H,23,26). The smallest absolute Gasteiger partial charge is 0.317 e. The number of nitrogens with one attached hydrogen (secondary N) is 1. The molecule has 2 amide bonds. The fraction of sp³-hybridized carbons (Fsp3) is 0.381. The Bertz CT molecular complexity index is 873. The molecule has 4 rings (SSSR count). The molecule has 3 heterocycles. The van der Waals surface area contributed by atoms with Gasteiger partial charge in [-0.15, -0.1) is 0 Å². The predicted molar refractivity (Wildman–Crippen MR) is 105 cm³/mol. The van der Waals surface area contributed by atoms with Crippen LogP contribution in [0, 0.1) is 0 Å². The number of carbonyl (C=O) groups is 1. The normalized spacial score (nSPS) is 16.4. The van der Waals surface area contributed by atoms with Gasteiger partial charge in [-0.05, 0) is 37.1 Å². The first-order valence-electron chi connectivity index (χ1n) is 9.67. The Morgan fingerprint density at radius 3 is 2.89 bits per heavy atom. The number of aromatic nitrogens is 2. The number of carbonyl (C=O) groups excluding carboxylic acids is 1. The van der Waals surface area contributed by atoms with E-state index in [0.717, 1.165) is 36.2 Å². The third-order valence-electron chi connectivity index (χ3n) is 4.77. The number of fused-ring (bicyclic) bond motifs is 1. The van der Waals surface area contributed by atoms with E-state index in [1.54, 1.807) is 11.1 Å². The molecule has 28 heavy (non-hydrogen) atoms. The summed E-state index contributed by atoms with van der Waals surface area (Å²) in [6.45, 7) is 2.23. The van der Waals surface area contributed by atoms with Gasteiger partial charge in [0.15, 0.2) is 11.5 Å². The fourth-order valence-electron chi connectivity index (χ4n) is 3.36. The number of hydrogen-bond donors (Lipinski definition) is 1. The van der Waals surface area contributed by atoms with Crippen molar-refractivity contribution in [1.29, 1.82) is 0 Å². The molecule has 146 valence electrons. The summed E-state index contributed by atoms with van der Waals surface area (Å²) in [6, 6.07) is 13.2. The highest BCUT2D eigenvalue weighted by Gasteiger charge is 2.23. The van der Waals surface area contributed by atoms with Crippen LogP contribution in [0.1, 0.15) is 24.4 Å². The van der Waals surface area contributed by atoms with Gasteiger partial charge in [0, 0.05) is 32.3 Å². The van der Waals surface area contributed by atoms with Crippen molar-refractivity contribution in [2.75, 3.05) is 19.7 Å². The van der Waals surface area contributed by atoms with Crippen molar-refractivity contribution < 1.29 is 13.9 Å². The lowest BCUT2D eigenvalue weighted by Crippen LogP contribution is -2.44. The van der Waals surface area contributed by atoms with Crippen LogP contribution in [0.25, 0.3) is 11.1 Å². The van der Waals surface area contributed by atoms with Crippen molar-refractivity contribution in [2.45, 2.75) is 31.9 Å². The van der Waals surface area contributed by atoms with Crippen LogP contribution in [0.4, 0.5) is 4.79 Å². The first kappa shape index (κ1) is 18.4. The van der Waals surface area contributed by atoms with Crippen LogP contribution in [0.3, 0.4) is 0 Å². The summed E-state index contributed by atoms with van der Waals surface area (Å²) in [6.07, 6.45) is 4.39. The summed E-state index contributed by atoms with van der Waals surface area (Å²) < 4.78 is 11.4. The Balaban J connectivity index is 1.35. The molecule has 2 aromatic heterocycles. The van der Waals surface area contributed by atoms with E-state index in [9.17, 15) is 4.79 Å². The molecule has 3 aromatic rings. The Morgan fingerprint density at radius 1 is 1.21 bits per heavy atom. The van der Waals surface area contributed by atoms with Crippen LogP contribution >= 0.6 is 0 Å². The summed E-state index contributed by atoms with van der Waals surface area (Å²) in [7, 11) is 0. The van der Waals surface area contributed by atoms with Gasteiger partial charge >= 0.3 is 6.03 Å². The van der Waals surface area contributed by atoms with E-state index in [1.165, 1.54) is 0 Å². The molecule has 1 aromatic carbocycles. The maximum Gasteiger partial charge on any atom is 0.317 e. The zero-order chi connectivity index (χ0) is 19.2. The molecule has 1 atom stereocenters. The lowest BCUT2D eigenvalue weighted by atomic mass is 10.2. The van der Waals surface area contributed by atoms with Crippen molar-refractivity contribution in [3.63, 3.8) is 0 Å². The lowest BCUT2D eigenvalue weighted by molar-refractivity contribution is 0.0792. The fourth-order valence-corrected chi connectivity index (χ4v) is 3.36. The lowest BCUT2D eigenvalue weighted by Gasteiger charge is -2.25. The van der Waals surface area contributed by atoms with E-state index < -0.39 is 0 Å². The van der Waals surface area contributed by atoms with E-state index in [0.29, 0.717) is 31.9 Å². The van der Waals surface area contributed by atoms with Crippen molar-refractivity contribution in [3.05, 3.63) is 60.2 Å². The summed E-state index contributed by atoms with van der Waals surface area (Å²) in [5.41, 5.74) is 2.45. The number of nitrogens with zero attached hydrogens (tertiary/aromatic N) is 3. The van der Waals surface area contributed by atoms with Gasteiger partial charge in [-0.2, -0.15) is 0 Å². The van der Waals surface area contributed by atoms with Gasteiger partial charge in [0.2, 0.25) is 0 Å². The highest BCUT2D eigenvalue weighted by Crippen LogP contribution is 2.16. The summed E-state index contributed by atoms with van der Waals surface area (Å²) in [5, 5.41) is 2.97. The molecule has 0 aliphatic carbocycles. The van der Waals surface area contributed by atoms with Crippen molar-refractivity contribution in [2.24, 2.45) is 0 Å². The Labute approximate surface area is 163 Å². The van der Waals surface area contributed by atoms with E-state index in [-0.39, 0.29) is 12.1 Å². The molecule has 0 radical (unpaired) electrons. The van der Waals surface area contributed by atoms with Crippen LogP contribution in [0.5, 0.6) is 0 Å². The van der Waals surface area contributed by atoms with Crippen LogP contribution in [-0.2, 0) is 17.7 Å². The second-order valence-corrected chi connectivity index (χ2v) is 6.89. The number of rotatable bonds is 7. The molecular formula is C21H24N4O3. The zero-order valence-corrected chi connectivity index (χ0v) is 15.7. The van der Waals surface area contributed by atoms with Gasteiger partial charge in [0.1, 0.15) is 5.52 Å². The van der Waals surface area contributed by atoms with E-state index in [1.807, 2.05) is 42.5 Å². The van der Waals surface area contributed by atoms with Crippen molar-refractivity contribution in [1.82, 2.24) is 20.2 Å². The molecule has 7 nitrogen and oxygen atoms in total. The Morgan fingerprint density at radius 2 is 2.11 bits per heavy atom. The molecule has 7 heteroatoms. The van der Waals surface area contributed by atoms with E-state index in [4.69, 9.17) is 9.15 Å². The molecule has 0 bridgehead atoms. The van der Waals surface area contributed by atoms with E-state index >= 15 is 0 Å². The minimum Gasteiger partial charge on any atom is -0.441 e. The number of pyridine rings is 1. The van der Waals surface area contributed by atoms with Crippen LogP contribution in [-0.4, -0.2) is 46.7 Å². The molecule has 0 saturated carbocycles. The summed E-state index contributed by atoms with van der Waals surface area (Å²) in [5.74, 6) is 0.622. The number of benzene rings is 1. The number of oxazole rings is 1. The molecule has 1 aliphatic heterocycles. The molecular weight excluding hydrogens is 356 g/mol. The Kier molecular flexibility index (Phi) is 5.82. The van der Waals surface area contributed by atoms with Crippen LogP contribution < -0.4 is 5.32 Å². The molecule has 1 saturated heterocycles. The van der Waals surface area contributed by atoms with Crippen LogP contribution in [0.2, 0.25) is 0 Å². The summed E-state index contributed by atoms with van der Waals surface area (Å²) >= 11 is 0. The third-order valence-corrected chi connectivity index (χ3v) is 4.77. The number of para-hydroxylation sites is 2. The second-order valence-electron chi connectivity index (χ2n) is 6.89. The summed E-state index contributed by atoms with van der Waals surface area (Å²) in [4.78, 5) is 23.3. The second kappa shape index (κ2) is 8.84. The van der Waals surface area contributed by atoms with Gasteiger partial charge in [0.25, 0.3) is 0 Å². The first-order valence-corrected chi connectivity index (χ1v) is 9.67. The topological polar surface area (TPSA) is 80.5 Å². The Hall–Kier alpha value is -2.93. The molecule has 1 aliphatic rings. The van der Waals surface area contributed by atoms with Crippen molar-refractivity contribution >= 4 is 17.1 Å². The average Bonchev–Trinajstić information content (AvgIpc) is 3.37. The number of ether oxygens (including phenoxy) is 1. The first-order chi connectivity index (χ1) is 13.8. The molecule has 1 N–H and O–H groups in total. The molecule has 1 fully saturated rings. The van der Waals surface area contributed by atoms with Gasteiger partial charge in [-0.3, -0.25) is 4.98 Å². The minimum atomic E-state index is -0.128. The quantitative estimate of drug-likeness (QED) is 0.681. The number of amides is 2. The SMILES string of the molecule is O=C(NCCc1nc2ccccc2o1)N(Cc1ccccn1)CC1CCCO1. The largest absolute Gasteiger partial charge is 0.441 e. The minimum absolute atomic E-state index is 0.0894. The van der Waals surface area contributed by atoms with Gasteiger partial charge in [0.05, 0.1) is 18.3 Å². The van der Waals surface area contributed by atoms with Crippen molar-refractivity contribution in [3.8, 4) is 0 Å². The van der Waals surface area contributed by atoms with Gasteiger partial charge < -0.3 is 19.4 Å². The highest BCUT2D eigenvalue weighted by atomic mass is 16.5. The van der Waals surface area contributed by atoms with Crippen LogP contribution in [0.15, 0.2) is 53.1 Å². The average molecular weight is 380 g/mol. The van der Waals surface area contributed by atoms with Gasteiger partial charge in [-0.1, -0.05) is 18.2 Å². The number of urea groups is 1. The van der Waals surface area contributed by atoms with Gasteiger partial charge in [-0.25, -0.2) is 9.78 Å². The molecule has 1 unspecified atom stereocenters. The third kappa shape index (κ3) is 4.67. The monoisotopic (exact) mass is 380 g/mol. The highest BCUT2D eigenvalue weighted by molar-refractivity contribution is 5.74.